The van der Waals surface area contributed by atoms with Crippen LogP contribution in [0.1, 0.15) is 42.6 Å². The number of aromatic nitrogens is 1. The second-order valence-corrected chi connectivity index (χ2v) is 10.2. The van der Waals surface area contributed by atoms with E-state index in [0.717, 1.165) is 53.7 Å². The van der Waals surface area contributed by atoms with Gasteiger partial charge in [-0.2, -0.15) is 0 Å². The molecule has 37 heavy (non-hydrogen) atoms. The van der Waals surface area contributed by atoms with Crippen molar-refractivity contribution >= 4 is 16.8 Å². The lowest BCUT2D eigenvalue weighted by Crippen LogP contribution is -2.46. The Morgan fingerprint density at radius 1 is 1.03 bits per heavy atom. The number of piperidine rings is 1. The van der Waals surface area contributed by atoms with Gasteiger partial charge in [0.1, 0.15) is 11.6 Å². The maximum Gasteiger partial charge on any atom is 0.254 e. The van der Waals surface area contributed by atoms with E-state index < -0.39 is 0 Å². The number of aromatic amines is 1. The second-order valence-electron chi connectivity index (χ2n) is 10.2. The fraction of sp³-hybridized carbons (Fsp3) is 0.323. The van der Waals surface area contributed by atoms with Crippen LogP contribution in [0.15, 0.2) is 72.9 Å². The van der Waals surface area contributed by atoms with E-state index in [1.165, 1.54) is 6.07 Å². The summed E-state index contributed by atoms with van der Waals surface area (Å²) in [4.78, 5) is 21.1. The minimum Gasteiger partial charge on any atom is -0.491 e. The highest BCUT2D eigenvalue weighted by atomic mass is 19.1. The van der Waals surface area contributed by atoms with Gasteiger partial charge in [0.05, 0.1) is 6.10 Å². The first-order valence-corrected chi connectivity index (χ1v) is 13.0. The smallest absolute Gasteiger partial charge is 0.254 e. The molecule has 0 radical (unpaired) electrons. The molecule has 1 amide bonds. The molecule has 192 valence electrons. The third-order valence-corrected chi connectivity index (χ3v) is 7.14. The van der Waals surface area contributed by atoms with Crippen molar-refractivity contribution in [2.45, 2.75) is 45.4 Å². The van der Waals surface area contributed by atoms with Crippen molar-refractivity contribution < 1.29 is 13.9 Å². The van der Waals surface area contributed by atoms with Gasteiger partial charge in [0.15, 0.2) is 0 Å². The highest BCUT2D eigenvalue weighted by molar-refractivity contribution is 5.94. The molecular formula is C31H34FN3O2. The maximum absolute atomic E-state index is 15.2. The summed E-state index contributed by atoms with van der Waals surface area (Å²) in [6.07, 6.45) is 3.70. The fourth-order valence-electron chi connectivity index (χ4n) is 5.08. The summed E-state index contributed by atoms with van der Waals surface area (Å²) in [6.45, 7) is 5.99. The lowest BCUT2D eigenvalue weighted by molar-refractivity contribution is 0.0567. The van der Waals surface area contributed by atoms with E-state index in [4.69, 9.17) is 4.74 Å². The number of nitrogens with zero attached hydrogens (tertiary/aromatic N) is 2. The van der Waals surface area contributed by atoms with E-state index in [1.54, 1.807) is 12.1 Å². The molecule has 1 aromatic heterocycles. The predicted octanol–water partition coefficient (Wildman–Crippen LogP) is 6.50. The van der Waals surface area contributed by atoms with Crippen LogP contribution < -0.4 is 4.74 Å². The molecule has 1 N–H and O–H groups in total. The zero-order valence-corrected chi connectivity index (χ0v) is 21.7. The topological polar surface area (TPSA) is 48.6 Å². The largest absolute Gasteiger partial charge is 0.491 e. The average Bonchev–Trinajstić information content (AvgIpc) is 3.37. The summed E-state index contributed by atoms with van der Waals surface area (Å²) in [5, 5.41) is 1.11. The van der Waals surface area contributed by atoms with Gasteiger partial charge in [0.25, 0.3) is 5.91 Å². The first-order valence-electron chi connectivity index (χ1n) is 13.0. The Morgan fingerprint density at radius 2 is 1.73 bits per heavy atom. The van der Waals surface area contributed by atoms with Crippen molar-refractivity contribution in [2.75, 3.05) is 20.1 Å². The number of rotatable bonds is 7. The highest BCUT2D eigenvalue weighted by Crippen LogP contribution is 2.28. The number of hydrogen-bond acceptors (Lipinski definition) is 3. The number of carbonyl (C=O) groups excluding carboxylic acids is 1. The van der Waals surface area contributed by atoms with Crippen LogP contribution in [-0.4, -0.2) is 53.0 Å². The summed E-state index contributed by atoms with van der Waals surface area (Å²) in [5.74, 6) is 0.359. The summed E-state index contributed by atoms with van der Waals surface area (Å²) in [7, 11) is 2.10. The van der Waals surface area contributed by atoms with Gasteiger partial charge in [0.2, 0.25) is 0 Å². The average molecular weight is 500 g/mol. The molecular weight excluding hydrogens is 465 g/mol. The summed E-state index contributed by atoms with van der Waals surface area (Å²) in [6, 6.07) is 20.7. The van der Waals surface area contributed by atoms with E-state index >= 15 is 4.39 Å². The van der Waals surface area contributed by atoms with Crippen LogP contribution in [0.5, 0.6) is 5.75 Å². The molecule has 0 spiro atoms. The molecule has 1 aliphatic heterocycles. The number of amides is 1. The molecule has 4 aromatic rings. The number of hydrogen-bond donors (Lipinski definition) is 1. The van der Waals surface area contributed by atoms with Crippen molar-refractivity contribution in [1.29, 1.82) is 0 Å². The van der Waals surface area contributed by atoms with Gasteiger partial charge in [-0.25, -0.2) is 4.39 Å². The number of nitrogens with one attached hydrogen (secondary N) is 1. The normalized spacial score (nSPS) is 14.8. The van der Waals surface area contributed by atoms with E-state index in [-0.39, 0.29) is 30.4 Å². The van der Waals surface area contributed by atoms with Gasteiger partial charge >= 0.3 is 0 Å². The number of fused-ring (bicyclic) bond motifs is 1. The van der Waals surface area contributed by atoms with Crippen molar-refractivity contribution in [3.05, 3.63) is 89.9 Å². The van der Waals surface area contributed by atoms with E-state index in [0.29, 0.717) is 11.1 Å². The molecule has 1 fully saturated rings. The Hall–Kier alpha value is -3.64. The molecule has 5 nitrogen and oxygen atoms in total. The minimum atomic E-state index is -0.294. The minimum absolute atomic E-state index is 0.0505. The first-order chi connectivity index (χ1) is 17.9. The van der Waals surface area contributed by atoms with Crippen LogP contribution in [0, 0.1) is 5.82 Å². The van der Waals surface area contributed by atoms with Gasteiger partial charge in [-0.3, -0.25) is 4.79 Å². The molecule has 0 bridgehead atoms. The molecule has 0 saturated carbocycles. The third kappa shape index (κ3) is 5.70. The van der Waals surface area contributed by atoms with Gasteiger partial charge in [-0.1, -0.05) is 12.1 Å². The van der Waals surface area contributed by atoms with Gasteiger partial charge in [0, 0.05) is 35.4 Å². The van der Waals surface area contributed by atoms with Crippen LogP contribution in [0.4, 0.5) is 4.39 Å². The number of carbonyl (C=O) groups is 1. The van der Waals surface area contributed by atoms with Gasteiger partial charge in [-0.05, 0) is 118 Å². The first kappa shape index (κ1) is 25.0. The molecule has 1 aliphatic rings. The summed E-state index contributed by atoms with van der Waals surface area (Å²) >= 11 is 0. The quantitative estimate of drug-likeness (QED) is 0.316. The van der Waals surface area contributed by atoms with Crippen molar-refractivity contribution in [3.63, 3.8) is 0 Å². The van der Waals surface area contributed by atoms with Crippen LogP contribution in [0.2, 0.25) is 0 Å². The Morgan fingerprint density at radius 3 is 2.46 bits per heavy atom. The maximum atomic E-state index is 15.2. The van der Waals surface area contributed by atoms with Crippen molar-refractivity contribution in [2.24, 2.45) is 0 Å². The molecule has 6 heteroatoms. The van der Waals surface area contributed by atoms with Crippen LogP contribution in [-0.2, 0) is 6.54 Å². The number of ether oxygens (including phenoxy) is 1. The number of H-pyrrole nitrogens is 1. The molecule has 2 heterocycles. The van der Waals surface area contributed by atoms with Crippen molar-refractivity contribution in [1.82, 2.24) is 14.8 Å². The Bertz CT molecular complexity index is 1370. The molecule has 1 saturated heterocycles. The van der Waals surface area contributed by atoms with Crippen molar-refractivity contribution in [3.8, 4) is 16.9 Å². The van der Waals surface area contributed by atoms with Crippen LogP contribution in [0.3, 0.4) is 0 Å². The summed E-state index contributed by atoms with van der Waals surface area (Å²) < 4.78 is 20.9. The zero-order chi connectivity index (χ0) is 25.9. The fourth-order valence-corrected chi connectivity index (χ4v) is 5.08. The predicted molar refractivity (Wildman–Crippen MR) is 146 cm³/mol. The van der Waals surface area contributed by atoms with Gasteiger partial charge in [-0.15, -0.1) is 0 Å². The summed E-state index contributed by atoms with van der Waals surface area (Å²) in [5.41, 5.74) is 4.13. The lowest BCUT2D eigenvalue weighted by atomic mass is 9.98. The third-order valence-electron chi connectivity index (χ3n) is 7.14. The Kier molecular flexibility index (Phi) is 7.28. The number of likely N-dealkylation sites (tertiary alicyclic amines) is 1. The standard InChI is InChI=1S/C31H34FN3O2/c1-21(2)37-28-8-4-22(5-9-28)31(36)35(27-13-16-34(3)17-14-27)20-26-19-23(6-10-29(26)32)24-7-11-30-25(18-24)12-15-33-30/h4-12,15,18-19,21,27,33H,13-14,16-17,20H2,1-3H3. The molecule has 0 unspecified atom stereocenters. The van der Waals surface area contributed by atoms with E-state index in [2.05, 4.69) is 23.0 Å². The van der Waals surface area contributed by atoms with E-state index in [9.17, 15) is 4.79 Å². The highest BCUT2D eigenvalue weighted by Gasteiger charge is 2.29. The number of benzene rings is 3. The van der Waals surface area contributed by atoms with Crippen LogP contribution >= 0.6 is 0 Å². The Labute approximate surface area is 217 Å². The van der Waals surface area contributed by atoms with E-state index in [1.807, 2.05) is 67.4 Å². The lowest BCUT2D eigenvalue weighted by Gasteiger charge is -2.37. The second kappa shape index (κ2) is 10.8. The molecule has 3 aromatic carbocycles. The number of halogens is 1. The molecule has 5 rings (SSSR count). The molecule has 0 aliphatic carbocycles. The van der Waals surface area contributed by atoms with Gasteiger partial charge < -0.3 is 19.5 Å². The SMILES string of the molecule is CC(C)Oc1ccc(C(=O)N(Cc2cc(-c3ccc4[nH]ccc4c3)ccc2F)C2CCN(C)CC2)cc1. The monoisotopic (exact) mass is 499 g/mol. The Balaban J connectivity index is 1.44. The molecule has 0 atom stereocenters. The van der Waals surface area contributed by atoms with Crippen LogP contribution in [0.25, 0.3) is 22.0 Å². The zero-order valence-electron chi connectivity index (χ0n) is 21.7.